The Morgan fingerprint density at radius 1 is 1.06 bits per heavy atom. The van der Waals surface area contributed by atoms with Gasteiger partial charge in [-0.3, -0.25) is 4.79 Å². The number of pyridine rings is 1. The average molecular weight is 453 g/mol. The van der Waals surface area contributed by atoms with Crippen LogP contribution in [0.2, 0.25) is 0 Å². The summed E-state index contributed by atoms with van der Waals surface area (Å²) in [5.74, 6) is 0.811. The number of ketones is 1. The molecule has 0 saturated heterocycles. The molecule has 2 aromatic heterocycles. The van der Waals surface area contributed by atoms with Gasteiger partial charge in [0, 0.05) is 16.7 Å². The lowest BCUT2D eigenvalue weighted by Crippen LogP contribution is -2.04. The van der Waals surface area contributed by atoms with Gasteiger partial charge in [0.2, 0.25) is 0 Å². The van der Waals surface area contributed by atoms with Crippen LogP contribution >= 0.6 is 11.8 Å². The molecule has 4 aromatic rings. The van der Waals surface area contributed by atoms with Gasteiger partial charge < -0.3 is 4.42 Å². The third-order valence-corrected chi connectivity index (χ3v) is 6.36. The predicted octanol–water partition coefficient (Wildman–Crippen LogP) is 7.20. The number of unbranched alkanes of at least 4 members (excludes halogenated alkanes) is 1. The minimum Gasteiger partial charge on any atom is -0.464 e. The number of thioether (sulfide) groups is 1. The highest BCUT2D eigenvalue weighted by Crippen LogP contribution is 2.34. The van der Waals surface area contributed by atoms with Crippen LogP contribution in [-0.4, -0.2) is 16.5 Å². The first-order valence-corrected chi connectivity index (χ1v) is 12.0. The number of nitriles is 1. The standard InChI is InChI=1S/C28H24N2O2S/c1-2-3-8-20-12-14-22(15-13-20)26(31)19-33-28-24(18-29)23(27-11-7-16-32-27)17-25(30-28)21-9-5-4-6-10-21/h4-7,9-17H,2-3,8,19H2,1H3. The molecular formula is C28H24N2O2S. The molecule has 2 aromatic carbocycles. The second-order valence-corrected chi connectivity index (χ2v) is 8.67. The molecule has 0 amide bonds. The largest absolute Gasteiger partial charge is 0.464 e. The number of aryl methyl sites for hydroxylation is 1. The number of nitrogens with zero attached hydrogens (tertiary/aromatic N) is 2. The molecule has 33 heavy (non-hydrogen) atoms. The minimum absolute atomic E-state index is 0.0115. The Morgan fingerprint density at radius 3 is 2.52 bits per heavy atom. The quantitative estimate of drug-likeness (QED) is 0.198. The first-order chi connectivity index (χ1) is 16.2. The van der Waals surface area contributed by atoms with Crippen molar-refractivity contribution in [2.75, 3.05) is 5.75 Å². The number of carbonyl (C=O) groups is 1. The van der Waals surface area contributed by atoms with Crippen LogP contribution in [0.1, 0.15) is 41.3 Å². The smallest absolute Gasteiger partial charge is 0.173 e. The number of benzene rings is 2. The number of Topliss-reactive ketones (excluding diaryl/α,β-unsaturated/α-hetero) is 1. The zero-order valence-electron chi connectivity index (χ0n) is 18.5. The first-order valence-electron chi connectivity index (χ1n) is 11.0. The molecule has 5 heteroatoms. The molecule has 0 bridgehead atoms. The average Bonchev–Trinajstić information content (AvgIpc) is 3.41. The van der Waals surface area contributed by atoms with Gasteiger partial charge in [-0.25, -0.2) is 4.98 Å². The Hall–Kier alpha value is -3.62. The highest BCUT2D eigenvalue weighted by atomic mass is 32.2. The third kappa shape index (κ3) is 5.42. The van der Waals surface area contributed by atoms with Crippen molar-refractivity contribution in [3.63, 3.8) is 0 Å². The molecular weight excluding hydrogens is 428 g/mol. The van der Waals surface area contributed by atoms with Gasteiger partial charge in [-0.05, 0) is 36.6 Å². The van der Waals surface area contributed by atoms with Gasteiger partial charge in [0.05, 0.1) is 23.3 Å². The molecule has 0 aliphatic carbocycles. The van der Waals surface area contributed by atoms with E-state index in [4.69, 9.17) is 9.40 Å². The van der Waals surface area contributed by atoms with Gasteiger partial charge in [-0.15, -0.1) is 0 Å². The summed E-state index contributed by atoms with van der Waals surface area (Å²) >= 11 is 1.29. The summed E-state index contributed by atoms with van der Waals surface area (Å²) in [7, 11) is 0. The van der Waals surface area contributed by atoms with Crippen LogP contribution in [0, 0.1) is 11.3 Å². The highest BCUT2D eigenvalue weighted by Gasteiger charge is 2.18. The van der Waals surface area contributed by atoms with Gasteiger partial charge in [-0.2, -0.15) is 5.26 Å². The maximum atomic E-state index is 12.9. The lowest BCUT2D eigenvalue weighted by Gasteiger charge is -2.11. The Bertz CT molecular complexity index is 1260. The van der Waals surface area contributed by atoms with Crippen LogP contribution in [-0.2, 0) is 6.42 Å². The summed E-state index contributed by atoms with van der Waals surface area (Å²) in [6.07, 6.45) is 4.89. The molecule has 4 rings (SSSR count). The SMILES string of the molecule is CCCCc1ccc(C(=O)CSc2nc(-c3ccccc3)cc(-c3ccco3)c2C#N)cc1. The van der Waals surface area contributed by atoms with Crippen LogP contribution in [0.25, 0.3) is 22.6 Å². The normalized spacial score (nSPS) is 10.7. The molecule has 0 radical (unpaired) electrons. The monoisotopic (exact) mass is 452 g/mol. The van der Waals surface area contributed by atoms with E-state index in [1.165, 1.54) is 17.3 Å². The predicted molar refractivity (Wildman–Crippen MR) is 132 cm³/mol. The Labute approximate surface area is 198 Å². The van der Waals surface area contributed by atoms with E-state index < -0.39 is 0 Å². The Morgan fingerprint density at radius 2 is 1.85 bits per heavy atom. The molecule has 0 fully saturated rings. The van der Waals surface area contributed by atoms with Crippen molar-refractivity contribution in [2.24, 2.45) is 0 Å². The molecule has 0 N–H and O–H groups in total. The van der Waals surface area contributed by atoms with Gasteiger partial charge in [0.15, 0.2) is 5.78 Å². The van der Waals surface area contributed by atoms with E-state index in [1.807, 2.05) is 66.7 Å². The van der Waals surface area contributed by atoms with Crippen LogP contribution in [0.4, 0.5) is 0 Å². The van der Waals surface area contributed by atoms with Gasteiger partial charge >= 0.3 is 0 Å². The fraction of sp³-hybridized carbons (Fsp3) is 0.179. The minimum atomic E-state index is 0.0115. The van der Waals surface area contributed by atoms with E-state index in [-0.39, 0.29) is 11.5 Å². The van der Waals surface area contributed by atoms with Crippen molar-refractivity contribution in [1.82, 2.24) is 4.98 Å². The van der Waals surface area contributed by atoms with Crippen LogP contribution in [0.5, 0.6) is 0 Å². The summed E-state index contributed by atoms with van der Waals surface area (Å²) in [6, 6.07) is 25.4. The van der Waals surface area contributed by atoms with Crippen molar-refractivity contribution in [2.45, 2.75) is 31.2 Å². The second-order valence-electron chi connectivity index (χ2n) is 7.70. The third-order valence-electron chi connectivity index (χ3n) is 5.39. The Kier molecular flexibility index (Phi) is 7.39. The molecule has 0 atom stereocenters. The highest BCUT2D eigenvalue weighted by molar-refractivity contribution is 8.00. The van der Waals surface area contributed by atoms with E-state index in [1.54, 1.807) is 12.3 Å². The van der Waals surface area contributed by atoms with Gasteiger partial charge in [0.1, 0.15) is 16.9 Å². The lowest BCUT2D eigenvalue weighted by atomic mass is 10.0. The van der Waals surface area contributed by atoms with Crippen LogP contribution in [0.15, 0.2) is 88.5 Å². The lowest BCUT2D eigenvalue weighted by molar-refractivity contribution is 0.102. The zero-order valence-corrected chi connectivity index (χ0v) is 19.3. The van der Waals surface area contributed by atoms with E-state index in [9.17, 15) is 10.1 Å². The molecule has 0 aliphatic rings. The van der Waals surface area contributed by atoms with Crippen molar-refractivity contribution in [3.8, 4) is 28.7 Å². The molecule has 4 nitrogen and oxygen atoms in total. The summed E-state index contributed by atoms with van der Waals surface area (Å²) in [6.45, 7) is 2.17. The van der Waals surface area contributed by atoms with Crippen molar-refractivity contribution >= 4 is 17.5 Å². The molecule has 0 unspecified atom stereocenters. The van der Waals surface area contributed by atoms with Crippen molar-refractivity contribution in [1.29, 1.82) is 5.26 Å². The van der Waals surface area contributed by atoms with E-state index in [0.29, 0.717) is 27.5 Å². The summed E-state index contributed by atoms with van der Waals surface area (Å²) in [5, 5.41) is 10.4. The van der Waals surface area contributed by atoms with Gasteiger partial charge in [0.25, 0.3) is 0 Å². The van der Waals surface area contributed by atoms with E-state index >= 15 is 0 Å². The number of carbonyl (C=O) groups excluding carboxylic acids is 1. The topological polar surface area (TPSA) is 66.9 Å². The van der Waals surface area contributed by atoms with Crippen molar-refractivity contribution < 1.29 is 9.21 Å². The number of hydrogen-bond donors (Lipinski definition) is 0. The van der Waals surface area contributed by atoms with E-state index in [2.05, 4.69) is 13.0 Å². The maximum absolute atomic E-state index is 12.9. The Balaban J connectivity index is 1.62. The van der Waals surface area contributed by atoms with Gasteiger partial charge in [-0.1, -0.05) is 79.7 Å². The molecule has 0 spiro atoms. The summed E-state index contributed by atoms with van der Waals surface area (Å²) in [5.41, 5.74) is 4.67. The number of furan rings is 1. The second kappa shape index (κ2) is 10.8. The fourth-order valence-corrected chi connectivity index (χ4v) is 4.47. The fourth-order valence-electron chi connectivity index (χ4n) is 3.57. The molecule has 2 heterocycles. The van der Waals surface area contributed by atoms with E-state index in [0.717, 1.165) is 30.5 Å². The number of aromatic nitrogens is 1. The number of rotatable bonds is 9. The first kappa shape index (κ1) is 22.6. The van der Waals surface area contributed by atoms with Crippen LogP contribution < -0.4 is 0 Å². The summed E-state index contributed by atoms with van der Waals surface area (Å²) in [4.78, 5) is 17.6. The van der Waals surface area contributed by atoms with Crippen LogP contribution in [0.3, 0.4) is 0 Å². The molecule has 0 saturated carbocycles. The molecule has 0 aliphatic heterocycles. The van der Waals surface area contributed by atoms with Crippen molar-refractivity contribution in [3.05, 3.63) is 95.7 Å². The molecule has 164 valence electrons. The maximum Gasteiger partial charge on any atom is 0.173 e. The number of hydrogen-bond acceptors (Lipinski definition) is 5. The zero-order chi connectivity index (χ0) is 23.0. The summed E-state index contributed by atoms with van der Waals surface area (Å²) < 4.78 is 5.59.